The molecular formula is C24H27F2N5O4. The maximum absolute atomic E-state index is 14.0. The fourth-order valence-electron chi connectivity index (χ4n) is 4.38. The monoisotopic (exact) mass is 487 g/mol. The molecule has 1 fully saturated rings. The maximum Gasteiger partial charge on any atom is 0.328 e. The molecule has 0 bridgehead atoms. The van der Waals surface area contributed by atoms with E-state index in [4.69, 9.17) is 4.74 Å². The molecule has 3 aromatic rings. The highest BCUT2D eigenvalue weighted by Crippen LogP contribution is 2.34. The fraction of sp³-hybridized carbons (Fsp3) is 0.375. The molecule has 11 heteroatoms. The number of piperidine rings is 1. The van der Waals surface area contributed by atoms with Crippen LogP contribution in [0.2, 0.25) is 0 Å². The van der Waals surface area contributed by atoms with Crippen LogP contribution in [0.25, 0.3) is 11.0 Å². The number of ether oxygens (including phenoxy) is 1. The summed E-state index contributed by atoms with van der Waals surface area (Å²) in [6, 6.07) is 5.64. The van der Waals surface area contributed by atoms with E-state index in [2.05, 4.69) is 10.6 Å². The minimum Gasteiger partial charge on any atom is -0.466 e. The Morgan fingerprint density at radius 1 is 1.00 bits per heavy atom. The SMILES string of the molecule is CCOC(=O)C1CCN(c2cc3c(cc2NC(=O)Nc2ccc(F)cc2F)n(C)c(=O)n3C)CC1. The summed E-state index contributed by atoms with van der Waals surface area (Å²) < 4.78 is 35.3. The third-order valence-electron chi connectivity index (χ3n) is 6.27. The van der Waals surface area contributed by atoms with Gasteiger partial charge in [-0.25, -0.2) is 18.4 Å². The smallest absolute Gasteiger partial charge is 0.328 e. The number of carbonyl (C=O) groups is 2. The van der Waals surface area contributed by atoms with E-state index in [1.807, 2.05) is 11.0 Å². The van der Waals surface area contributed by atoms with Gasteiger partial charge in [0.05, 0.1) is 40.6 Å². The first kappa shape index (κ1) is 24.2. The number of rotatable bonds is 5. The van der Waals surface area contributed by atoms with Gasteiger partial charge >= 0.3 is 17.7 Å². The van der Waals surface area contributed by atoms with Crippen LogP contribution in [0.15, 0.2) is 35.1 Å². The van der Waals surface area contributed by atoms with E-state index >= 15 is 0 Å². The van der Waals surface area contributed by atoms with Crippen molar-refractivity contribution < 1.29 is 23.1 Å². The van der Waals surface area contributed by atoms with Gasteiger partial charge in [-0.05, 0) is 44.0 Å². The number of benzene rings is 2. The van der Waals surface area contributed by atoms with E-state index in [0.29, 0.717) is 61.0 Å². The van der Waals surface area contributed by atoms with Crippen molar-refractivity contribution >= 4 is 40.1 Å². The molecule has 1 aliphatic rings. The lowest BCUT2D eigenvalue weighted by Crippen LogP contribution is -2.37. The van der Waals surface area contributed by atoms with Crippen molar-refractivity contribution in [2.24, 2.45) is 20.0 Å². The maximum atomic E-state index is 14.0. The highest BCUT2D eigenvalue weighted by molar-refractivity contribution is 6.04. The van der Waals surface area contributed by atoms with Gasteiger partial charge in [-0.15, -0.1) is 0 Å². The average Bonchev–Trinajstić information content (AvgIpc) is 3.04. The van der Waals surface area contributed by atoms with Crippen LogP contribution in [0.5, 0.6) is 0 Å². The standard InChI is InChI=1S/C24H27F2N5O4/c1-4-35-22(32)14-7-9-31(10-8-14)19-13-21-20(29(2)24(34)30(21)3)12-18(19)28-23(33)27-17-6-5-15(25)11-16(17)26/h5-6,11-14H,4,7-10H2,1-3H3,(H2,27,28,33). The second-order valence-electron chi connectivity index (χ2n) is 8.48. The van der Waals surface area contributed by atoms with Crippen molar-refractivity contribution in [1.29, 1.82) is 0 Å². The Balaban J connectivity index is 1.64. The van der Waals surface area contributed by atoms with Crippen LogP contribution in [-0.2, 0) is 23.6 Å². The van der Waals surface area contributed by atoms with E-state index in [1.165, 1.54) is 9.13 Å². The van der Waals surface area contributed by atoms with Gasteiger partial charge in [0.1, 0.15) is 11.6 Å². The predicted molar refractivity (Wildman–Crippen MR) is 129 cm³/mol. The average molecular weight is 488 g/mol. The molecule has 0 aliphatic carbocycles. The third-order valence-corrected chi connectivity index (χ3v) is 6.27. The number of hydrogen-bond donors (Lipinski definition) is 2. The quantitative estimate of drug-likeness (QED) is 0.537. The van der Waals surface area contributed by atoms with E-state index in [9.17, 15) is 23.2 Å². The molecule has 2 aromatic carbocycles. The summed E-state index contributed by atoms with van der Waals surface area (Å²) >= 11 is 0. The summed E-state index contributed by atoms with van der Waals surface area (Å²) in [4.78, 5) is 39.4. The van der Waals surface area contributed by atoms with Crippen LogP contribution in [0, 0.1) is 17.6 Å². The molecule has 0 unspecified atom stereocenters. The van der Waals surface area contributed by atoms with Gasteiger partial charge < -0.3 is 20.3 Å². The number of hydrogen-bond acceptors (Lipinski definition) is 5. The Morgan fingerprint density at radius 2 is 1.63 bits per heavy atom. The van der Waals surface area contributed by atoms with Gasteiger partial charge in [-0.1, -0.05) is 0 Å². The van der Waals surface area contributed by atoms with E-state index in [0.717, 1.165) is 12.1 Å². The van der Waals surface area contributed by atoms with Crippen molar-refractivity contribution in [1.82, 2.24) is 9.13 Å². The van der Waals surface area contributed by atoms with Gasteiger partial charge in [-0.3, -0.25) is 13.9 Å². The predicted octanol–water partition coefficient (Wildman–Crippen LogP) is 3.58. The minimum absolute atomic E-state index is 0.172. The lowest BCUT2D eigenvalue weighted by atomic mass is 9.96. The number of carbonyl (C=O) groups excluding carboxylic acids is 2. The molecule has 0 radical (unpaired) electrons. The zero-order valence-corrected chi connectivity index (χ0v) is 19.7. The summed E-state index contributed by atoms with van der Waals surface area (Å²) in [6.45, 7) is 3.18. The zero-order valence-electron chi connectivity index (χ0n) is 19.7. The number of aromatic nitrogens is 2. The second kappa shape index (κ2) is 9.77. The van der Waals surface area contributed by atoms with Crippen molar-refractivity contribution in [3.05, 3.63) is 52.5 Å². The summed E-state index contributed by atoms with van der Waals surface area (Å²) in [6.07, 6.45) is 1.16. The van der Waals surface area contributed by atoms with Crippen molar-refractivity contribution in [2.75, 3.05) is 35.2 Å². The molecule has 4 rings (SSSR count). The highest BCUT2D eigenvalue weighted by Gasteiger charge is 2.28. The van der Waals surface area contributed by atoms with Gasteiger partial charge in [0, 0.05) is 33.3 Å². The first-order valence-corrected chi connectivity index (χ1v) is 11.3. The van der Waals surface area contributed by atoms with E-state index in [1.54, 1.807) is 27.1 Å². The molecule has 1 aromatic heterocycles. The number of fused-ring (bicyclic) bond motifs is 1. The second-order valence-corrected chi connectivity index (χ2v) is 8.48. The first-order valence-electron chi connectivity index (χ1n) is 11.3. The molecule has 2 N–H and O–H groups in total. The summed E-state index contributed by atoms with van der Waals surface area (Å²) in [5.41, 5.74) is 1.96. The number of amides is 2. The Bertz CT molecular complexity index is 1340. The lowest BCUT2D eigenvalue weighted by Gasteiger charge is -2.34. The summed E-state index contributed by atoms with van der Waals surface area (Å²) in [7, 11) is 3.30. The number of urea groups is 1. The minimum atomic E-state index is -0.901. The topological polar surface area (TPSA) is 97.6 Å². The number of nitrogens with one attached hydrogen (secondary N) is 2. The largest absolute Gasteiger partial charge is 0.466 e. The van der Waals surface area contributed by atoms with Gasteiger partial charge in [-0.2, -0.15) is 0 Å². The molecular weight excluding hydrogens is 460 g/mol. The molecule has 186 valence electrons. The van der Waals surface area contributed by atoms with Crippen LogP contribution < -0.4 is 21.2 Å². The van der Waals surface area contributed by atoms with Crippen molar-refractivity contribution in [3.8, 4) is 0 Å². The molecule has 0 spiro atoms. The van der Waals surface area contributed by atoms with Crippen molar-refractivity contribution in [2.45, 2.75) is 19.8 Å². The Hall–Kier alpha value is -3.89. The van der Waals surface area contributed by atoms with Crippen molar-refractivity contribution in [3.63, 3.8) is 0 Å². The molecule has 1 saturated heterocycles. The highest BCUT2D eigenvalue weighted by atomic mass is 19.1. The Labute approximate surface area is 200 Å². The van der Waals surface area contributed by atoms with E-state index < -0.39 is 17.7 Å². The zero-order chi connectivity index (χ0) is 25.3. The van der Waals surface area contributed by atoms with Crippen LogP contribution in [0.3, 0.4) is 0 Å². The van der Waals surface area contributed by atoms with Gasteiger partial charge in [0.25, 0.3) is 0 Å². The summed E-state index contributed by atoms with van der Waals surface area (Å²) in [5.74, 6) is -2.07. The van der Waals surface area contributed by atoms with Crippen LogP contribution >= 0.6 is 0 Å². The van der Waals surface area contributed by atoms with Crippen LogP contribution in [0.4, 0.5) is 30.6 Å². The lowest BCUT2D eigenvalue weighted by molar-refractivity contribution is -0.148. The van der Waals surface area contributed by atoms with Gasteiger partial charge in [0.2, 0.25) is 0 Å². The molecule has 2 heterocycles. The van der Waals surface area contributed by atoms with Gasteiger partial charge in [0.15, 0.2) is 0 Å². The van der Waals surface area contributed by atoms with Crippen LogP contribution in [0.1, 0.15) is 19.8 Å². The van der Waals surface area contributed by atoms with Crippen LogP contribution in [-0.4, -0.2) is 40.8 Å². The first-order chi connectivity index (χ1) is 16.7. The van der Waals surface area contributed by atoms with E-state index in [-0.39, 0.29) is 23.3 Å². The normalized spacial score (nSPS) is 14.3. The Kier molecular flexibility index (Phi) is 6.77. The molecule has 0 saturated carbocycles. The molecule has 2 amide bonds. The number of halogens is 2. The number of anilines is 3. The number of aryl methyl sites for hydroxylation is 2. The number of nitrogens with zero attached hydrogens (tertiary/aromatic N) is 3. The molecule has 35 heavy (non-hydrogen) atoms. The molecule has 1 aliphatic heterocycles. The fourth-order valence-corrected chi connectivity index (χ4v) is 4.38. The molecule has 9 nitrogen and oxygen atoms in total. The third kappa shape index (κ3) is 4.84. The summed E-state index contributed by atoms with van der Waals surface area (Å²) in [5, 5.41) is 5.12. The number of imidazole rings is 1. The Morgan fingerprint density at radius 3 is 2.26 bits per heavy atom. The molecule has 0 atom stereocenters. The number of esters is 1.